The Labute approximate surface area is 105 Å². The molecule has 1 heterocycles. The molecule has 0 bridgehead atoms. The molecule has 17 heavy (non-hydrogen) atoms. The predicted octanol–water partition coefficient (Wildman–Crippen LogP) is 2.16. The van der Waals surface area contributed by atoms with Crippen molar-refractivity contribution in [3.8, 4) is 0 Å². The fourth-order valence-electron chi connectivity index (χ4n) is 1.42. The van der Waals surface area contributed by atoms with Crippen LogP contribution in [0.1, 0.15) is 29.9 Å². The first-order chi connectivity index (χ1) is 8.19. The minimum atomic E-state index is -0.259. The highest BCUT2D eigenvalue weighted by atomic mass is 32.1. The minimum Gasteiger partial charge on any atom is -0.466 e. The van der Waals surface area contributed by atoms with Crippen LogP contribution in [0, 0.1) is 0 Å². The number of hydrogen-bond donors (Lipinski definition) is 0. The smallest absolute Gasteiger partial charge is 0.307 e. The SMILES string of the molecule is CCOC(=O)CCN(CC)C(=O)c1cccs1. The van der Waals surface area contributed by atoms with Gasteiger partial charge in [0.2, 0.25) is 0 Å². The summed E-state index contributed by atoms with van der Waals surface area (Å²) in [5.41, 5.74) is 0. The van der Waals surface area contributed by atoms with Crippen molar-refractivity contribution >= 4 is 23.2 Å². The van der Waals surface area contributed by atoms with E-state index in [2.05, 4.69) is 0 Å². The highest BCUT2D eigenvalue weighted by Gasteiger charge is 2.16. The summed E-state index contributed by atoms with van der Waals surface area (Å²) in [5, 5.41) is 1.87. The van der Waals surface area contributed by atoms with E-state index in [4.69, 9.17) is 4.74 Å². The van der Waals surface area contributed by atoms with Crippen LogP contribution in [0.25, 0.3) is 0 Å². The lowest BCUT2D eigenvalue weighted by Gasteiger charge is -2.19. The van der Waals surface area contributed by atoms with Crippen LogP contribution in [0.15, 0.2) is 17.5 Å². The third-order valence-corrected chi connectivity index (χ3v) is 3.15. The zero-order valence-electron chi connectivity index (χ0n) is 10.1. The molecule has 0 unspecified atom stereocenters. The quantitative estimate of drug-likeness (QED) is 0.732. The Balaban J connectivity index is 2.49. The molecular formula is C12H17NO3S. The lowest BCUT2D eigenvalue weighted by atomic mass is 10.3. The van der Waals surface area contributed by atoms with E-state index in [9.17, 15) is 9.59 Å². The van der Waals surface area contributed by atoms with E-state index in [0.717, 1.165) is 0 Å². The van der Waals surface area contributed by atoms with Gasteiger partial charge in [-0.25, -0.2) is 0 Å². The summed E-state index contributed by atoms with van der Waals surface area (Å²) in [6.45, 7) is 5.05. The van der Waals surface area contributed by atoms with Gasteiger partial charge in [0.1, 0.15) is 0 Å². The average Bonchev–Trinajstić information content (AvgIpc) is 2.83. The Morgan fingerprint density at radius 3 is 2.71 bits per heavy atom. The van der Waals surface area contributed by atoms with Gasteiger partial charge in [-0.15, -0.1) is 11.3 Å². The number of hydrogen-bond acceptors (Lipinski definition) is 4. The third-order valence-electron chi connectivity index (χ3n) is 2.29. The maximum absolute atomic E-state index is 12.0. The second kappa shape index (κ2) is 7.06. The highest BCUT2D eigenvalue weighted by molar-refractivity contribution is 7.12. The number of ether oxygens (including phenoxy) is 1. The summed E-state index contributed by atoms with van der Waals surface area (Å²) < 4.78 is 4.83. The minimum absolute atomic E-state index is 0.0215. The molecule has 0 aliphatic heterocycles. The van der Waals surface area contributed by atoms with Crippen LogP contribution in [-0.4, -0.2) is 36.5 Å². The second-order valence-corrected chi connectivity index (χ2v) is 4.36. The zero-order chi connectivity index (χ0) is 12.7. The Morgan fingerprint density at radius 1 is 1.41 bits per heavy atom. The first kappa shape index (κ1) is 13.7. The molecule has 0 saturated carbocycles. The number of carbonyl (C=O) groups is 2. The topological polar surface area (TPSA) is 46.6 Å². The van der Waals surface area contributed by atoms with E-state index in [-0.39, 0.29) is 18.3 Å². The summed E-state index contributed by atoms with van der Waals surface area (Å²) in [7, 11) is 0. The highest BCUT2D eigenvalue weighted by Crippen LogP contribution is 2.12. The summed E-state index contributed by atoms with van der Waals surface area (Å²) >= 11 is 1.41. The molecular weight excluding hydrogens is 238 g/mol. The molecule has 0 N–H and O–H groups in total. The number of amides is 1. The van der Waals surface area contributed by atoms with Crippen molar-refractivity contribution in [2.24, 2.45) is 0 Å². The number of esters is 1. The Hall–Kier alpha value is -1.36. The van der Waals surface area contributed by atoms with Gasteiger partial charge in [-0.05, 0) is 25.3 Å². The van der Waals surface area contributed by atoms with Crippen molar-refractivity contribution in [3.63, 3.8) is 0 Å². The molecule has 0 radical (unpaired) electrons. The van der Waals surface area contributed by atoms with Crippen LogP contribution >= 0.6 is 11.3 Å². The van der Waals surface area contributed by atoms with Crippen molar-refractivity contribution in [3.05, 3.63) is 22.4 Å². The fourth-order valence-corrected chi connectivity index (χ4v) is 2.11. The third kappa shape index (κ3) is 4.19. The zero-order valence-corrected chi connectivity index (χ0v) is 11.0. The molecule has 0 atom stereocenters. The van der Waals surface area contributed by atoms with Crippen molar-refractivity contribution in [1.82, 2.24) is 4.90 Å². The molecule has 0 aliphatic rings. The standard InChI is InChI=1S/C12H17NO3S/c1-3-13(8-7-11(14)16-4-2)12(15)10-6-5-9-17-10/h5-6,9H,3-4,7-8H2,1-2H3. The van der Waals surface area contributed by atoms with Gasteiger partial charge in [0.15, 0.2) is 0 Å². The molecule has 5 heteroatoms. The Bertz CT molecular complexity index is 362. The van der Waals surface area contributed by atoms with E-state index >= 15 is 0 Å². The van der Waals surface area contributed by atoms with E-state index in [0.29, 0.717) is 24.6 Å². The van der Waals surface area contributed by atoms with Gasteiger partial charge in [0, 0.05) is 13.1 Å². The summed E-state index contributed by atoms with van der Waals surface area (Å²) in [4.78, 5) is 25.6. The maximum atomic E-state index is 12.0. The molecule has 1 amide bonds. The van der Waals surface area contributed by atoms with Crippen molar-refractivity contribution in [1.29, 1.82) is 0 Å². The molecule has 0 spiro atoms. The Morgan fingerprint density at radius 2 is 2.18 bits per heavy atom. The van der Waals surface area contributed by atoms with Crippen LogP contribution in [-0.2, 0) is 9.53 Å². The van der Waals surface area contributed by atoms with Gasteiger partial charge in [0.25, 0.3) is 5.91 Å². The molecule has 0 aromatic carbocycles. The average molecular weight is 255 g/mol. The van der Waals surface area contributed by atoms with Crippen molar-refractivity contribution < 1.29 is 14.3 Å². The lowest BCUT2D eigenvalue weighted by Crippen LogP contribution is -2.32. The van der Waals surface area contributed by atoms with Gasteiger partial charge in [0.05, 0.1) is 17.9 Å². The van der Waals surface area contributed by atoms with Crippen LogP contribution < -0.4 is 0 Å². The molecule has 4 nitrogen and oxygen atoms in total. The molecule has 0 saturated heterocycles. The summed E-state index contributed by atoms with van der Waals surface area (Å²) in [6, 6.07) is 3.64. The van der Waals surface area contributed by atoms with Crippen molar-refractivity contribution in [2.45, 2.75) is 20.3 Å². The van der Waals surface area contributed by atoms with Gasteiger partial charge in [-0.2, -0.15) is 0 Å². The van der Waals surface area contributed by atoms with E-state index in [1.165, 1.54) is 11.3 Å². The summed E-state index contributed by atoms with van der Waals surface area (Å²) in [5.74, 6) is -0.281. The van der Waals surface area contributed by atoms with Crippen LogP contribution in [0.4, 0.5) is 0 Å². The van der Waals surface area contributed by atoms with E-state index < -0.39 is 0 Å². The monoisotopic (exact) mass is 255 g/mol. The molecule has 0 aliphatic carbocycles. The fraction of sp³-hybridized carbons (Fsp3) is 0.500. The van der Waals surface area contributed by atoms with Gasteiger partial charge in [-0.1, -0.05) is 6.07 Å². The molecule has 1 aromatic heterocycles. The van der Waals surface area contributed by atoms with Gasteiger partial charge >= 0.3 is 5.97 Å². The van der Waals surface area contributed by atoms with E-state index in [1.807, 2.05) is 18.4 Å². The molecule has 1 aromatic rings. The Kier molecular flexibility index (Phi) is 5.69. The number of carbonyl (C=O) groups excluding carboxylic acids is 2. The second-order valence-electron chi connectivity index (χ2n) is 3.42. The number of nitrogens with zero attached hydrogens (tertiary/aromatic N) is 1. The van der Waals surface area contributed by atoms with Gasteiger partial charge in [-0.3, -0.25) is 9.59 Å². The molecule has 1 rings (SSSR count). The van der Waals surface area contributed by atoms with Crippen LogP contribution in [0.3, 0.4) is 0 Å². The lowest BCUT2D eigenvalue weighted by molar-refractivity contribution is -0.143. The molecule has 0 fully saturated rings. The van der Waals surface area contributed by atoms with Crippen molar-refractivity contribution in [2.75, 3.05) is 19.7 Å². The van der Waals surface area contributed by atoms with Crippen LogP contribution in [0.5, 0.6) is 0 Å². The first-order valence-corrected chi connectivity index (χ1v) is 6.55. The largest absolute Gasteiger partial charge is 0.466 e. The van der Waals surface area contributed by atoms with Crippen LogP contribution in [0.2, 0.25) is 0 Å². The normalized spacial score (nSPS) is 10.0. The maximum Gasteiger partial charge on any atom is 0.307 e. The summed E-state index contributed by atoms with van der Waals surface area (Å²) in [6.07, 6.45) is 0.249. The first-order valence-electron chi connectivity index (χ1n) is 5.67. The predicted molar refractivity (Wildman–Crippen MR) is 67.1 cm³/mol. The van der Waals surface area contributed by atoms with E-state index in [1.54, 1.807) is 17.9 Å². The van der Waals surface area contributed by atoms with Gasteiger partial charge < -0.3 is 9.64 Å². The number of thiophene rings is 1. The molecule has 94 valence electrons. The number of rotatable bonds is 6.